The van der Waals surface area contributed by atoms with Crippen molar-refractivity contribution in [3.63, 3.8) is 0 Å². The van der Waals surface area contributed by atoms with E-state index in [1.165, 1.54) is 35.8 Å². The van der Waals surface area contributed by atoms with Crippen LogP contribution in [0, 0.1) is 11.8 Å². The summed E-state index contributed by atoms with van der Waals surface area (Å²) in [6, 6.07) is 0. The van der Waals surface area contributed by atoms with E-state index < -0.39 is 21.3 Å². The predicted molar refractivity (Wildman–Crippen MR) is 109 cm³/mol. The second-order valence-corrected chi connectivity index (χ2v) is 8.52. The summed E-state index contributed by atoms with van der Waals surface area (Å²) in [5.74, 6) is -1.69. The van der Waals surface area contributed by atoms with Crippen molar-refractivity contribution in [2.75, 3.05) is 14.2 Å². The van der Waals surface area contributed by atoms with Crippen LogP contribution in [0.15, 0.2) is 73.9 Å². The molecule has 2 aliphatic rings. The Morgan fingerprint density at radius 3 is 1.54 bits per heavy atom. The fourth-order valence-corrected chi connectivity index (χ4v) is 6.29. The van der Waals surface area contributed by atoms with Crippen LogP contribution < -0.4 is 0 Å². The summed E-state index contributed by atoms with van der Waals surface area (Å²) >= 11 is 0. The number of allylic oxidation sites excluding steroid dienone is 4. The van der Waals surface area contributed by atoms with Gasteiger partial charge in [-0.1, -0.05) is 82.3 Å². The average molecular weight is 391 g/mol. The maximum absolute atomic E-state index is 12.3. The van der Waals surface area contributed by atoms with E-state index in [0.29, 0.717) is 0 Å². The van der Waals surface area contributed by atoms with Gasteiger partial charge in [-0.05, 0) is 0 Å². The molecule has 0 amide bonds. The van der Waals surface area contributed by atoms with Crippen molar-refractivity contribution in [1.82, 2.24) is 0 Å². The summed E-state index contributed by atoms with van der Waals surface area (Å²) in [4.78, 5) is 24.5. The molecule has 6 heteroatoms. The molecule has 138 valence electrons. The molecular formula is C20H22O4S2. The van der Waals surface area contributed by atoms with Gasteiger partial charge in [-0.3, -0.25) is 9.59 Å². The standard InChI is InChI=1S/C20H22O4S2/c1-5-19(13-9-7-11-15(19)17(21)23-3)25-26-20(6-2)14-10-8-12-16(20)18(22)24-4/h5-16H,1-2H2,3-4H3. The number of rotatable bonds is 7. The summed E-state index contributed by atoms with van der Waals surface area (Å²) in [6.07, 6.45) is 18.3. The van der Waals surface area contributed by atoms with E-state index in [2.05, 4.69) is 13.2 Å². The van der Waals surface area contributed by atoms with Crippen molar-refractivity contribution >= 4 is 33.5 Å². The molecule has 0 heterocycles. The Morgan fingerprint density at radius 2 is 1.23 bits per heavy atom. The van der Waals surface area contributed by atoms with Crippen LogP contribution in [0.5, 0.6) is 0 Å². The van der Waals surface area contributed by atoms with Crippen LogP contribution in [-0.2, 0) is 19.1 Å². The Balaban J connectivity index is 2.32. The minimum absolute atomic E-state index is 0.338. The molecule has 0 radical (unpaired) electrons. The highest BCUT2D eigenvalue weighted by atomic mass is 33.1. The van der Waals surface area contributed by atoms with Gasteiger partial charge in [0.25, 0.3) is 0 Å². The van der Waals surface area contributed by atoms with Crippen molar-refractivity contribution < 1.29 is 19.1 Å². The van der Waals surface area contributed by atoms with Crippen LogP contribution in [0.1, 0.15) is 0 Å². The number of hydrogen-bond donors (Lipinski definition) is 0. The van der Waals surface area contributed by atoms with Gasteiger partial charge in [0.1, 0.15) is 0 Å². The fraction of sp³-hybridized carbons (Fsp3) is 0.300. The van der Waals surface area contributed by atoms with E-state index in [-0.39, 0.29) is 11.9 Å². The summed E-state index contributed by atoms with van der Waals surface area (Å²) in [7, 11) is 5.64. The smallest absolute Gasteiger partial charge is 0.314 e. The van der Waals surface area contributed by atoms with Crippen LogP contribution in [0.3, 0.4) is 0 Å². The zero-order valence-corrected chi connectivity index (χ0v) is 16.4. The Hall–Kier alpha value is -1.92. The monoisotopic (exact) mass is 390 g/mol. The van der Waals surface area contributed by atoms with Crippen molar-refractivity contribution in [2.45, 2.75) is 9.49 Å². The summed E-state index contributed by atoms with van der Waals surface area (Å²) in [5.41, 5.74) is 0. The molecule has 4 atom stereocenters. The van der Waals surface area contributed by atoms with Gasteiger partial charge >= 0.3 is 11.9 Å². The molecule has 0 bridgehead atoms. The normalized spacial score (nSPS) is 32.1. The lowest BCUT2D eigenvalue weighted by Gasteiger charge is -2.38. The number of carbonyl (C=O) groups excluding carboxylic acids is 2. The third-order valence-electron chi connectivity index (χ3n) is 4.39. The van der Waals surface area contributed by atoms with Crippen LogP contribution in [0.4, 0.5) is 0 Å². The van der Waals surface area contributed by atoms with Gasteiger partial charge < -0.3 is 9.47 Å². The molecule has 0 aromatic heterocycles. The van der Waals surface area contributed by atoms with Crippen molar-refractivity contribution in [3.8, 4) is 0 Å². The molecule has 26 heavy (non-hydrogen) atoms. The highest BCUT2D eigenvalue weighted by Gasteiger charge is 2.46. The molecule has 2 rings (SSSR count). The third kappa shape index (κ3) is 3.76. The molecule has 0 N–H and O–H groups in total. The molecule has 2 aliphatic carbocycles. The quantitative estimate of drug-likeness (QED) is 0.371. The van der Waals surface area contributed by atoms with E-state index in [1.54, 1.807) is 24.3 Å². The number of carbonyl (C=O) groups is 2. The highest BCUT2D eigenvalue weighted by molar-refractivity contribution is 8.77. The number of ether oxygens (including phenoxy) is 2. The van der Waals surface area contributed by atoms with Crippen LogP contribution >= 0.6 is 21.6 Å². The highest BCUT2D eigenvalue weighted by Crippen LogP contribution is 2.54. The van der Waals surface area contributed by atoms with Crippen molar-refractivity contribution in [3.05, 3.63) is 73.9 Å². The second kappa shape index (κ2) is 8.64. The van der Waals surface area contributed by atoms with E-state index in [9.17, 15) is 9.59 Å². The maximum Gasteiger partial charge on any atom is 0.314 e. The second-order valence-electron chi connectivity index (χ2n) is 5.77. The third-order valence-corrected chi connectivity index (χ3v) is 8.15. The van der Waals surface area contributed by atoms with Crippen LogP contribution in [0.2, 0.25) is 0 Å². The molecule has 0 aromatic rings. The lowest BCUT2D eigenvalue weighted by atomic mass is 9.87. The first-order valence-corrected chi connectivity index (χ1v) is 10.2. The average Bonchev–Trinajstić information content (AvgIpc) is 2.71. The largest absolute Gasteiger partial charge is 0.469 e. The van der Waals surface area contributed by atoms with Gasteiger partial charge in [-0.25, -0.2) is 0 Å². The van der Waals surface area contributed by atoms with Crippen molar-refractivity contribution in [1.29, 1.82) is 0 Å². The first-order valence-electron chi connectivity index (χ1n) is 8.00. The summed E-state index contributed by atoms with van der Waals surface area (Å²) < 4.78 is 8.51. The zero-order chi connectivity index (χ0) is 19.2. The van der Waals surface area contributed by atoms with E-state index >= 15 is 0 Å². The van der Waals surface area contributed by atoms with Crippen molar-refractivity contribution in [2.24, 2.45) is 11.8 Å². The molecule has 4 nitrogen and oxygen atoms in total. The van der Waals surface area contributed by atoms with Gasteiger partial charge in [-0.15, -0.1) is 13.2 Å². The topological polar surface area (TPSA) is 52.6 Å². The van der Waals surface area contributed by atoms with Gasteiger partial charge in [0, 0.05) is 0 Å². The Kier molecular flexibility index (Phi) is 6.78. The predicted octanol–water partition coefficient (Wildman–Crippen LogP) is 4.05. The molecule has 0 saturated heterocycles. The van der Waals surface area contributed by atoms with Gasteiger partial charge in [0.05, 0.1) is 35.5 Å². The molecule has 0 aromatic carbocycles. The SMILES string of the molecule is C=CC1(SSC2(C=C)C=CC=CC2C(=O)OC)C=CC=CC1C(=O)OC. The molecular weight excluding hydrogens is 368 g/mol. The number of esters is 2. The molecule has 0 saturated carbocycles. The van der Waals surface area contributed by atoms with Gasteiger partial charge in [0.15, 0.2) is 0 Å². The van der Waals surface area contributed by atoms with E-state index in [0.717, 1.165) is 0 Å². The summed E-state index contributed by atoms with van der Waals surface area (Å²) in [5, 5.41) is 0. The van der Waals surface area contributed by atoms with E-state index in [4.69, 9.17) is 9.47 Å². The molecule has 0 aliphatic heterocycles. The number of methoxy groups -OCH3 is 2. The molecule has 0 fully saturated rings. The Morgan fingerprint density at radius 1 is 0.846 bits per heavy atom. The zero-order valence-electron chi connectivity index (χ0n) is 14.8. The van der Waals surface area contributed by atoms with E-state index in [1.807, 2.05) is 36.5 Å². The Bertz CT molecular complexity index is 647. The summed E-state index contributed by atoms with van der Waals surface area (Å²) in [6.45, 7) is 7.86. The lowest BCUT2D eigenvalue weighted by Crippen LogP contribution is -2.39. The minimum atomic E-state index is -0.696. The number of hydrogen-bond acceptors (Lipinski definition) is 6. The van der Waals surface area contributed by atoms with Crippen LogP contribution in [-0.4, -0.2) is 35.7 Å². The Labute approximate surface area is 162 Å². The fourth-order valence-electron chi connectivity index (χ4n) is 2.81. The maximum atomic E-state index is 12.3. The molecule has 4 unspecified atom stereocenters. The van der Waals surface area contributed by atoms with Gasteiger partial charge in [-0.2, -0.15) is 0 Å². The minimum Gasteiger partial charge on any atom is -0.469 e. The molecule has 0 spiro atoms. The van der Waals surface area contributed by atoms with Crippen LogP contribution in [0.25, 0.3) is 0 Å². The van der Waals surface area contributed by atoms with Gasteiger partial charge in [0.2, 0.25) is 0 Å². The first kappa shape index (κ1) is 20.4. The first-order chi connectivity index (χ1) is 12.5. The lowest BCUT2D eigenvalue weighted by molar-refractivity contribution is -0.144.